The van der Waals surface area contributed by atoms with Crippen molar-refractivity contribution in [2.24, 2.45) is 0 Å². The summed E-state index contributed by atoms with van der Waals surface area (Å²) >= 11 is 0. The van der Waals surface area contributed by atoms with Crippen LogP contribution in [0.5, 0.6) is 5.75 Å². The third-order valence-corrected chi connectivity index (χ3v) is 3.87. The van der Waals surface area contributed by atoms with Crippen LogP contribution in [0.1, 0.15) is 18.4 Å². The fourth-order valence-electron chi connectivity index (χ4n) is 2.77. The molecular weight excluding hydrogens is 254 g/mol. The van der Waals surface area contributed by atoms with Crippen molar-refractivity contribution in [3.63, 3.8) is 0 Å². The van der Waals surface area contributed by atoms with Crippen LogP contribution in [0.4, 0.5) is 0 Å². The Hall–Kier alpha value is -1.72. The topological polar surface area (TPSA) is 58.5 Å². The Balaban J connectivity index is 1.88. The van der Waals surface area contributed by atoms with Gasteiger partial charge in [0.1, 0.15) is 18.3 Å². The number of aliphatic hydroxyl groups is 1. The van der Waals surface area contributed by atoms with Crippen LogP contribution >= 0.6 is 0 Å². The Morgan fingerprint density at radius 3 is 2.90 bits per heavy atom. The summed E-state index contributed by atoms with van der Waals surface area (Å²) in [6.07, 6.45) is 5.76. The first-order valence-electron chi connectivity index (χ1n) is 6.96. The molecule has 0 radical (unpaired) electrons. The predicted octanol–water partition coefficient (Wildman–Crippen LogP) is 1.60. The molecule has 1 fully saturated rings. The molecular formula is C15H19N3O2. The van der Waals surface area contributed by atoms with Gasteiger partial charge in [-0.25, -0.2) is 9.97 Å². The highest BCUT2D eigenvalue weighted by Crippen LogP contribution is 2.26. The lowest BCUT2D eigenvalue weighted by Crippen LogP contribution is -2.34. The van der Waals surface area contributed by atoms with Crippen molar-refractivity contribution in [1.29, 1.82) is 0 Å². The summed E-state index contributed by atoms with van der Waals surface area (Å²) < 4.78 is 5.43. The summed E-state index contributed by atoms with van der Waals surface area (Å²) in [7, 11) is 1.65. The first-order valence-corrected chi connectivity index (χ1v) is 6.96. The molecule has 1 aromatic heterocycles. The highest BCUT2D eigenvalue weighted by molar-refractivity contribution is 5.80. The average molecular weight is 273 g/mol. The Bertz CT molecular complexity index is 597. The van der Waals surface area contributed by atoms with Crippen LogP contribution in [0.25, 0.3) is 10.9 Å². The summed E-state index contributed by atoms with van der Waals surface area (Å²) in [5, 5.41) is 11.3. The van der Waals surface area contributed by atoms with Crippen molar-refractivity contribution in [1.82, 2.24) is 14.9 Å². The highest BCUT2D eigenvalue weighted by atomic mass is 16.5. The van der Waals surface area contributed by atoms with E-state index in [-0.39, 0.29) is 0 Å². The second kappa shape index (κ2) is 5.73. The number of aromatic nitrogens is 2. The summed E-state index contributed by atoms with van der Waals surface area (Å²) in [5.74, 6) is 0.773. The maximum absolute atomic E-state index is 10.3. The standard InChI is InChI=1S/C15H19N3O2/c1-20-14-8-13-12(9-16-10-17-13)6-11(14)7-15(19)18-4-2-3-5-18/h6,8-10,15,19H,2-5,7H2,1H3. The minimum atomic E-state index is -0.450. The zero-order chi connectivity index (χ0) is 13.9. The van der Waals surface area contributed by atoms with Crippen molar-refractivity contribution in [2.75, 3.05) is 20.2 Å². The van der Waals surface area contributed by atoms with Crippen molar-refractivity contribution >= 4 is 10.9 Å². The number of aliphatic hydroxyl groups excluding tert-OH is 1. The first-order chi connectivity index (χ1) is 9.78. The Labute approximate surface area is 118 Å². The van der Waals surface area contributed by atoms with Gasteiger partial charge in [0, 0.05) is 37.2 Å². The van der Waals surface area contributed by atoms with Gasteiger partial charge in [-0.2, -0.15) is 0 Å². The minimum absolute atomic E-state index is 0.450. The lowest BCUT2D eigenvalue weighted by atomic mass is 10.1. The monoisotopic (exact) mass is 273 g/mol. The van der Waals surface area contributed by atoms with Gasteiger partial charge in [0.25, 0.3) is 0 Å². The SMILES string of the molecule is COc1cc2ncncc2cc1CC(O)N1CCCC1. The molecule has 5 heteroatoms. The highest BCUT2D eigenvalue weighted by Gasteiger charge is 2.21. The molecule has 1 aliphatic rings. The van der Waals surface area contributed by atoms with E-state index in [1.165, 1.54) is 19.2 Å². The van der Waals surface area contributed by atoms with Gasteiger partial charge in [0.15, 0.2) is 0 Å². The van der Waals surface area contributed by atoms with Crippen LogP contribution in [-0.4, -0.2) is 46.4 Å². The van der Waals surface area contributed by atoms with Gasteiger partial charge in [0.2, 0.25) is 0 Å². The van der Waals surface area contributed by atoms with Gasteiger partial charge >= 0.3 is 0 Å². The van der Waals surface area contributed by atoms with Gasteiger partial charge in [-0.3, -0.25) is 4.90 Å². The smallest absolute Gasteiger partial charge is 0.124 e. The largest absolute Gasteiger partial charge is 0.496 e. The summed E-state index contributed by atoms with van der Waals surface area (Å²) in [6.45, 7) is 1.94. The molecule has 5 nitrogen and oxygen atoms in total. The van der Waals surface area contributed by atoms with Crippen LogP contribution in [0.15, 0.2) is 24.7 Å². The van der Waals surface area contributed by atoms with Crippen LogP contribution in [-0.2, 0) is 6.42 Å². The van der Waals surface area contributed by atoms with E-state index in [4.69, 9.17) is 4.74 Å². The van der Waals surface area contributed by atoms with E-state index in [1.54, 1.807) is 13.3 Å². The molecule has 2 aromatic rings. The quantitative estimate of drug-likeness (QED) is 0.917. The molecule has 0 spiro atoms. The normalized spacial score (nSPS) is 17.5. The van der Waals surface area contributed by atoms with Crippen LogP contribution in [0.2, 0.25) is 0 Å². The second-order valence-corrected chi connectivity index (χ2v) is 5.17. The molecule has 1 atom stereocenters. The molecule has 3 rings (SSSR count). The number of benzene rings is 1. The number of hydrogen-bond donors (Lipinski definition) is 1. The second-order valence-electron chi connectivity index (χ2n) is 5.17. The maximum Gasteiger partial charge on any atom is 0.124 e. The van der Waals surface area contributed by atoms with Crippen LogP contribution in [0, 0.1) is 0 Å². The van der Waals surface area contributed by atoms with Gasteiger partial charge in [-0.05, 0) is 24.5 Å². The molecule has 1 saturated heterocycles. The molecule has 1 N–H and O–H groups in total. The first kappa shape index (κ1) is 13.3. The van der Waals surface area contributed by atoms with Crippen molar-refractivity contribution in [3.8, 4) is 5.75 Å². The Morgan fingerprint density at radius 1 is 1.35 bits per heavy atom. The van der Waals surface area contributed by atoms with Crippen molar-refractivity contribution in [3.05, 3.63) is 30.2 Å². The molecule has 1 aromatic carbocycles. The molecule has 20 heavy (non-hydrogen) atoms. The minimum Gasteiger partial charge on any atom is -0.496 e. The number of hydrogen-bond acceptors (Lipinski definition) is 5. The molecule has 0 saturated carbocycles. The molecule has 1 unspecified atom stereocenters. The molecule has 106 valence electrons. The maximum atomic E-state index is 10.3. The number of likely N-dealkylation sites (tertiary alicyclic amines) is 1. The van der Waals surface area contributed by atoms with Crippen molar-refractivity contribution < 1.29 is 9.84 Å². The number of ether oxygens (including phenoxy) is 1. The van der Waals surface area contributed by atoms with Gasteiger partial charge in [-0.1, -0.05) is 0 Å². The zero-order valence-corrected chi connectivity index (χ0v) is 11.6. The van der Waals surface area contributed by atoms with Gasteiger partial charge in [-0.15, -0.1) is 0 Å². The van der Waals surface area contributed by atoms with E-state index in [1.807, 2.05) is 12.1 Å². The van der Waals surface area contributed by atoms with Crippen molar-refractivity contribution in [2.45, 2.75) is 25.5 Å². The van der Waals surface area contributed by atoms with E-state index >= 15 is 0 Å². The third kappa shape index (κ3) is 2.59. The van der Waals surface area contributed by atoms with E-state index in [2.05, 4.69) is 14.9 Å². The number of nitrogens with zero attached hydrogens (tertiary/aromatic N) is 3. The molecule has 0 amide bonds. The molecule has 0 bridgehead atoms. The van der Waals surface area contributed by atoms with E-state index in [9.17, 15) is 5.11 Å². The predicted molar refractivity (Wildman–Crippen MR) is 76.6 cm³/mol. The fourth-order valence-corrected chi connectivity index (χ4v) is 2.77. The Morgan fingerprint density at radius 2 is 2.15 bits per heavy atom. The molecule has 1 aliphatic heterocycles. The van der Waals surface area contributed by atoms with Crippen LogP contribution in [0.3, 0.4) is 0 Å². The number of fused-ring (bicyclic) bond motifs is 1. The average Bonchev–Trinajstić information content (AvgIpc) is 3.01. The molecule has 2 heterocycles. The summed E-state index contributed by atoms with van der Waals surface area (Å²) in [5.41, 5.74) is 1.85. The lowest BCUT2D eigenvalue weighted by molar-refractivity contribution is 0.0209. The van der Waals surface area contributed by atoms with Crippen LogP contribution < -0.4 is 4.74 Å². The molecule has 0 aliphatic carbocycles. The number of methoxy groups -OCH3 is 1. The zero-order valence-electron chi connectivity index (χ0n) is 11.6. The third-order valence-electron chi connectivity index (χ3n) is 3.87. The van der Waals surface area contributed by atoms with E-state index in [0.717, 1.165) is 35.3 Å². The number of rotatable bonds is 4. The van der Waals surface area contributed by atoms with E-state index in [0.29, 0.717) is 6.42 Å². The van der Waals surface area contributed by atoms with Gasteiger partial charge < -0.3 is 9.84 Å². The fraction of sp³-hybridized carbons (Fsp3) is 0.467. The lowest BCUT2D eigenvalue weighted by Gasteiger charge is -2.23. The van der Waals surface area contributed by atoms with Gasteiger partial charge in [0.05, 0.1) is 12.6 Å². The summed E-state index contributed by atoms with van der Waals surface area (Å²) in [6, 6.07) is 3.91. The Kier molecular flexibility index (Phi) is 3.80. The van der Waals surface area contributed by atoms with E-state index < -0.39 is 6.23 Å². The summed E-state index contributed by atoms with van der Waals surface area (Å²) in [4.78, 5) is 10.4.